The topological polar surface area (TPSA) is 49.8 Å². The summed E-state index contributed by atoms with van der Waals surface area (Å²) in [4.78, 5) is 13.2. The molecule has 0 radical (unpaired) electrons. The van der Waals surface area contributed by atoms with Crippen LogP contribution in [0.5, 0.6) is 0 Å². The van der Waals surface area contributed by atoms with Crippen molar-refractivity contribution in [1.29, 1.82) is 0 Å². The first kappa shape index (κ1) is 15.7. The van der Waals surface area contributed by atoms with Crippen molar-refractivity contribution in [3.8, 4) is 0 Å². The maximum absolute atomic E-state index is 11.5. The van der Waals surface area contributed by atoms with Gasteiger partial charge in [0.25, 0.3) is 0 Å². The van der Waals surface area contributed by atoms with Crippen LogP contribution in [-0.4, -0.2) is 49.5 Å². The predicted octanol–water partition coefficient (Wildman–Crippen LogP) is 1.99. The third-order valence-corrected chi connectivity index (χ3v) is 8.79. The van der Waals surface area contributed by atoms with Gasteiger partial charge in [-0.1, -0.05) is 20.8 Å². The highest BCUT2D eigenvalue weighted by Crippen LogP contribution is 2.38. The fraction of sp³-hybridized carbons (Fsp3) is 0.923. The summed E-state index contributed by atoms with van der Waals surface area (Å²) in [6.45, 7) is 13.3. The molecule has 1 N–H and O–H groups in total. The second-order valence-electron chi connectivity index (χ2n) is 6.74. The monoisotopic (exact) mass is 273 g/mol. The molecule has 2 unspecified atom stereocenters. The Kier molecular flexibility index (Phi) is 4.62. The third kappa shape index (κ3) is 3.33. The maximum atomic E-state index is 11.5. The van der Waals surface area contributed by atoms with E-state index in [0.29, 0.717) is 6.54 Å². The molecule has 4 nitrogen and oxygen atoms in total. The van der Waals surface area contributed by atoms with Crippen molar-refractivity contribution in [3.05, 3.63) is 0 Å². The van der Waals surface area contributed by atoms with Crippen molar-refractivity contribution < 1.29 is 14.3 Å². The van der Waals surface area contributed by atoms with Crippen LogP contribution in [0.2, 0.25) is 18.1 Å². The Morgan fingerprint density at radius 3 is 2.33 bits per heavy atom. The summed E-state index contributed by atoms with van der Waals surface area (Å²) >= 11 is 0. The second-order valence-corrected chi connectivity index (χ2v) is 11.5. The summed E-state index contributed by atoms with van der Waals surface area (Å²) in [6.07, 6.45) is 0.828. The smallest absolute Gasteiger partial charge is 0.219 e. The van der Waals surface area contributed by atoms with E-state index < -0.39 is 8.32 Å². The number of likely N-dealkylation sites (tertiary alicyclic amines) is 1. The number of aliphatic hydroxyl groups is 1. The molecule has 1 aliphatic rings. The van der Waals surface area contributed by atoms with Gasteiger partial charge >= 0.3 is 0 Å². The van der Waals surface area contributed by atoms with Gasteiger partial charge < -0.3 is 14.4 Å². The zero-order valence-corrected chi connectivity index (χ0v) is 13.5. The number of carbonyl (C=O) groups excluding carboxylic acids is 1. The van der Waals surface area contributed by atoms with Crippen molar-refractivity contribution in [2.24, 2.45) is 0 Å². The lowest BCUT2D eigenvalue weighted by molar-refractivity contribution is -0.130. The quantitative estimate of drug-likeness (QED) is 0.800. The fourth-order valence-corrected chi connectivity index (χ4v) is 3.47. The minimum Gasteiger partial charge on any atom is -0.412 e. The van der Waals surface area contributed by atoms with Crippen molar-refractivity contribution in [1.82, 2.24) is 4.90 Å². The molecule has 1 saturated heterocycles. The van der Waals surface area contributed by atoms with Crippen molar-refractivity contribution in [3.63, 3.8) is 0 Å². The molecule has 1 rings (SSSR count). The van der Waals surface area contributed by atoms with Crippen LogP contribution >= 0.6 is 0 Å². The molecule has 18 heavy (non-hydrogen) atoms. The van der Waals surface area contributed by atoms with E-state index in [4.69, 9.17) is 4.43 Å². The van der Waals surface area contributed by atoms with Crippen LogP contribution in [0.4, 0.5) is 0 Å². The fourth-order valence-electron chi connectivity index (χ4n) is 2.11. The van der Waals surface area contributed by atoms with Crippen LogP contribution in [0.1, 0.15) is 34.1 Å². The van der Waals surface area contributed by atoms with Gasteiger partial charge in [0.2, 0.25) is 5.91 Å². The first-order valence-electron chi connectivity index (χ1n) is 6.64. The lowest BCUT2D eigenvalue weighted by atomic mass is 10.2. The molecule has 1 heterocycles. The van der Waals surface area contributed by atoms with E-state index in [-0.39, 0.29) is 29.7 Å². The largest absolute Gasteiger partial charge is 0.412 e. The van der Waals surface area contributed by atoms with Gasteiger partial charge in [-0.15, -0.1) is 0 Å². The van der Waals surface area contributed by atoms with Crippen molar-refractivity contribution >= 4 is 14.2 Å². The Morgan fingerprint density at radius 2 is 2.00 bits per heavy atom. The van der Waals surface area contributed by atoms with Crippen LogP contribution < -0.4 is 0 Å². The van der Waals surface area contributed by atoms with E-state index in [0.717, 1.165) is 6.42 Å². The molecular formula is C13H27NO3Si. The normalized spacial score (nSPS) is 25.6. The third-order valence-electron chi connectivity index (χ3n) is 4.26. The molecule has 0 saturated carbocycles. The number of hydrogen-bond donors (Lipinski definition) is 1. The Morgan fingerprint density at radius 1 is 1.44 bits per heavy atom. The zero-order chi connectivity index (χ0) is 14.1. The van der Waals surface area contributed by atoms with Crippen LogP contribution in [0.3, 0.4) is 0 Å². The number of rotatable bonds is 3. The van der Waals surface area contributed by atoms with E-state index >= 15 is 0 Å². The highest BCUT2D eigenvalue weighted by molar-refractivity contribution is 6.74. The van der Waals surface area contributed by atoms with E-state index in [2.05, 4.69) is 33.9 Å². The van der Waals surface area contributed by atoms with E-state index in [9.17, 15) is 9.90 Å². The SMILES string of the molecule is CC(=O)N1CC(O[Si](C)(C)C(C)(C)C)CC1CO. The average molecular weight is 273 g/mol. The number of amides is 1. The lowest BCUT2D eigenvalue weighted by Crippen LogP contribution is -2.44. The van der Waals surface area contributed by atoms with E-state index in [1.807, 2.05) is 0 Å². The summed E-state index contributed by atoms with van der Waals surface area (Å²) in [7, 11) is -1.80. The van der Waals surface area contributed by atoms with Gasteiger partial charge in [-0.25, -0.2) is 0 Å². The molecule has 0 aliphatic carbocycles. The van der Waals surface area contributed by atoms with Gasteiger partial charge in [-0.2, -0.15) is 0 Å². The Hall–Kier alpha value is -0.393. The predicted molar refractivity (Wildman–Crippen MR) is 74.9 cm³/mol. The van der Waals surface area contributed by atoms with Crippen LogP contribution in [0.25, 0.3) is 0 Å². The molecule has 0 aromatic carbocycles. The summed E-state index contributed by atoms with van der Waals surface area (Å²) < 4.78 is 6.31. The highest BCUT2D eigenvalue weighted by Gasteiger charge is 2.42. The molecule has 1 amide bonds. The molecule has 0 aromatic heterocycles. The van der Waals surface area contributed by atoms with Gasteiger partial charge in [-0.3, -0.25) is 4.79 Å². The first-order chi connectivity index (χ1) is 8.08. The maximum Gasteiger partial charge on any atom is 0.219 e. The number of hydrogen-bond acceptors (Lipinski definition) is 3. The van der Waals surface area contributed by atoms with Crippen molar-refractivity contribution in [2.75, 3.05) is 13.2 Å². The van der Waals surface area contributed by atoms with Gasteiger partial charge in [-0.05, 0) is 24.6 Å². The van der Waals surface area contributed by atoms with Gasteiger partial charge in [0.15, 0.2) is 8.32 Å². The number of aliphatic hydroxyl groups excluding tert-OH is 1. The lowest BCUT2D eigenvalue weighted by Gasteiger charge is -2.38. The average Bonchev–Trinajstić information content (AvgIpc) is 2.58. The minimum atomic E-state index is -1.80. The molecular weight excluding hydrogens is 246 g/mol. The van der Waals surface area contributed by atoms with Crippen LogP contribution in [0.15, 0.2) is 0 Å². The Labute approximate surface area is 111 Å². The molecule has 0 aromatic rings. The number of nitrogens with zero attached hydrogens (tertiary/aromatic N) is 1. The van der Waals surface area contributed by atoms with Crippen LogP contribution in [0, 0.1) is 0 Å². The summed E-state index contributed by atoms with van der Waals surface area (Å²) in [6, 6.07) is -0.0720. The highest BCUT2D eigenvalue weighted by atomic mass is 28.4. The minimum absolute atomic E-state index is 0.0235. The van der Waals surface area contributed by atoms with E-state index in [1.54, 1.807) is 11.8 Å². The molecule has 0 spiro atoms. The van der Waals surface area contributed by atoms with Gasteiger partial charge in [0, 0.05) is 13.5 Å². The Balaban J connectivity index is 2.69. The van der Waals surface area contributed by atoms with Crippen molar-refractivity contribution in [2.45, 2.75) is 64.4 Å². The molecule has 5 heteroatoms. The van der Waals surface area contributed by atoms with Gasteiger partial charge in [0.1, 0.15) is 0 Å². The first-order valence-corrected chi connectivity index (χ1v) is 9.55. The summed E-state index contributed by atoms with van der Waals surface area (Å²) in [5.41, 5.74) is 0. The number of carbonyl (C=O) groups is 1. The van der Waals surface area contributed by atoms with E-state index in [1.165, 1.54) is 0 Å². The molecule has 0 bridgehead atoms. The summed E-state index contributed by atoms with van der Waals surface area (Å²) in [5.74, 6) is 0.0235. The second kappa shape index (κ2) is 5.31. The zero-order valence-electron chi connectivity index (χ0n) is 12.5. The molecule has 1 fully saturated rings. The standard InChI is InChI=1S/C13H27NO3Si/c1-10(16)14-8-12(7-11(14)9-15)17-18(5,6)13(2,3)4/h11-12,15H,7-9H2,1-6H3. The molecule has 106 valence electrons. The van der Waals surface area contributed by atoms with Crippen LogP contribution in [-0.2, 0) is 9.22 Å². The Bertz CT molecular complexity index is 312. The van der Waals surface area contributed by atoms with Gasteiger partial charge in [0.05, 0.1) is 18.8 Å². The molecule has 2 atom stereocenters. The molecule has 1 aliphatic heterocycles. The summed E-state index contributed by atoms with van der Waals surface area (Å²) in [5, 5.41) is 9.50.